The quantitative estimate of drug-likeness (QED) is 0.842. The average molecular weight is 277 g/mol. The lowest BCUT2D eigenvalue weighted by atomic mass is 10.1. The maximum Gasteiger partial charge on any atom is 0.128 e. The predicted molar refractivity (Wildman–Crippen MR) is 76.4 cm³/mol. The lowest BCUT2D eigenvalue weighted by molar-refractivity contribution is 0.286. The van der Waals surface area contributed by atoms with E-state index in [9.17, 15) is 4.39 Å². The Hall–Kier alpha value is -1.49. The summed E-state index contributed by atoms with van der Waals surface area (Å²) in [5, 5.41) is 3.08. The lowest BCUT2D eigenvalue weighted by Crippen LogP contribution is -2.36. The molecule has 1 aliphatic rings. The zero-order valence-corrected chi connectivity index (χ0v) is 11.7. The van der Waals surface area contributed by atoms with E-state index in [1.165, 1.54) is 0 Å². The number of rotatable bonds is 2. The highest BCUT2D eigenvalue weighted by Gasteiger charge is 2.20. The fourth-order valence-corrected chi connectivity index (χ4v) is 2.98. The molecule has 3 heterocycles. The third-order valence-electron chi connectivity index (χ3n) is 3.35. The molecule has 1 saturated heterocycles. The zero-order valence-electron chi connectivity index (χ0n) is 10.8. The Kier molecular flexibility index (Phi) is 3.46. The van der Waals surface area contributed by atoms with E-state index in [-0.39, 0.29) is 0 Å². The largest absolute Gasteiger partial charge is 0.354 e. The lowest BCUT2D eigenvalue weighted by Gasteiger charge is -2.29. The molecule has 0 saturated carbocycles. The van der Waals surface area contributed by atoms with E-state index in [0.717, 1.165) is 35.0 Å². The van der Waals surface area contributed by atoms with E-state index in [2.05, 4.69) is 9.97 Å². The Morgan fingerprint density at radius 1 is 1.42 bits per heavy atom. The second-order valence-electron chi connectivity index (χ2n) is 4.84. The zero-order chi connectivity index (χ0) is 13.2. The summed E-state index contributed by atoms with van der Waals surface area (Å²) >= 11 is 1.63. The third-order valence-corrected chi connectivity index (χ3v) is 4.12. The summed E-state index contributed by atoms with van der Waals surface area (Å²) < 4.78 is 13.4. The second kappa shape index (κ2) is 5.25. The van der Waals surface area contributed by atoms with Gasteiger partial charge in [-0.2, -0.15) is 0 Å². The van der Waals surface area contributed by atoms with Crippen LogP contribution in [0.3, 0.4) is 0 Å². The van der Waals surface area contributed by atoms with Gasteiger partial charge in [-0.25, -0.2) is 14.4 Å². The molecule has 3 nitrogen and oxygen atoms in total. The van der Waals surface area contributed by atoms with E-state index >= 15 is 0 Å². The molecule has 0 spiro atoms. The molecule has 5 heteroatoms. The maximum absolute atomic E-state index is 13.4. The van der Waals surface area contributed by atoms with Crippen molar-refractivity contribution >= 4 is 17.2 Å². The van der Waals surface area contributed by atoms with Gasteiger partial charge in [0.15, 0.2) is 0 Å². The first-order chi connectivity index (χ1) is 9.22. The summed E-state index contributed by atoms with van der Waals surface area (Å²) in [5.74, 6) is 0.859. The van der Waals surface area contributed by atoms with E-state index in [4.69, 9.17) is 0 Å². The van der Waals surface area contributed by atoms with Crippen LogP contribution >= 0.6 is 11.3 Å². The Bertz CT molecular complexity index is 552. The van der Waals surface area contributed by atoms with E-state index < -0.39 is 6.17 Å². The monoisotopic (exact) mass is 277 g/mol. The highest BCUT2D eigenvalue weighted by Crippen LogP contribution is 2.24. The van der Waals surface area contributed by atoms with Gasteiger partial charge in [-0.05, 0) is 31.9 Å². The molecular weight excluding hydrogens is 261 g/mol. The Labute approximate surface area is 116 Å². The number of alkyl halides is 1. The molecule has 1 unspecified atom stereocenters. The van der Waals surface area contributed by atoms with Gasteiger partial charge in [-0.3, -0.25) is 0 Å². The van der Waals surface area contributed by atoms with Crippen molar-refractivity contribution in [3.8, 4) is 11.3 Å². The van der Waals surface area contributed by atoms with Crippen molar-refractivity contribution in [2.45, 2.75) is 25.9 Å². The van der Waals surface area contributed by atoms with Crippen molar-refractivity contribution in [2.75, 3.05) is 18.0 Å². The number of anilines is 1. The number of hydrogen-bond donors (Lipinski definition) is 0. The molecule has 1 atom stereocenters. The number of aromatic nitrogens is 2. The van der Waals surface area contributed by atoms with E-state index in [1.807, 2.05) is 35.5 Å². The van der Waals surface area contributed by atoms with Crippen LogP contribution in [0, 0.1) is 6.92 Å². The van der Waals surface area contributed by atoms with Crippen molar-refractivity contribution in [1.82, 2.24) is 9.97 Å². The standard InChI is InChI=1S/C14H16FN3S/c1-10-17-13(9-19-10)11-4-5-14(16-7-11)18-6-2-3-12(15)8-18/h4-5,7,9,12H,2-3,6,8H2,1H3. The maximum atomic E-state index is 13.4. The summed E-state index contributed by atoms with van der Waals surface area (Å²) in [6.45, 7) is 3.34. The van der Waals surface area contributed by atoms with Crippen molar-refractivity contribution in [2.24, 2.45) is 0 Å². The van der Waals surface area contributed by atoms with Gasteiger partial charge in [0, 0.05) is 23.7 Å². The van der Waals surface area contributed by atoms with Crippen molar-refractivity contribution in [3.05, 3.63) is 28.7 Å². The number of piperidine rings is 1. The highest BCUT2D eigenvalue weighted by atomic mass is 32.1. The molecule has 0 aliphatic carbocycles. The van der Waals surface area contributed by atoms with E-state index in [0.29, 0.717) is 13.0 Å². The van der Waals surface area contributed by atoms with Gasteiger partial charge in [0.1, 0.15) is 12.0 Å². The van der Waals surface area contributed by atoms with Crippen LogP contribution in [0.1, 0.15) is 17.8 Å². The average Bonchev–Trinajstić information content (AvgIpc) is 2.86. The van der Waals surface area contributed by atoms with Gasteiger partial charge in [-0.1, -0.05) is 0 Å². The number of nitrogens with zero attached hydrogens (tertiary/aromatic N) is 3. The van der Waals surface area contributed by atoms with Crippen LogP contribution in [0.25, 0.3) is 11.3 Å². The molecule has 2 aromatic rings. The first kappa shape index (κ1) is 12.5. The minimum atomic E-state index is -0.726. The van der Waals surface area contributed by atoms with Crippen molar-refractivity contribution < 1.29 is 4.39 Å². The van der Waals surface area contributed by atoms with Crippen LogP contribution < -0.4 is 4.90 Å². The highest BCUT2D eigenvalue weighted by molar-refractivity contribution is 7.09. The minimum absolute atomic E-state index is 0.460. The molecule has 0 aromatic carbocycles. The third kappa shape index (κ3) is 2.76. The van der Waals surface area contributed by atoms with Crippen LogP contribution in [0.2, 0.25) is 0 Å². The van der Waals surface area contributed by atoms with Crippen molar-refractivity contribution in [3.63, 3.8) is 0 Å². The summed E-state index contributed by atoms with van der Waals surface area (Å²) in [6, 6.07) is 3.97. The topological polar surface area (TPSA) is 29.0 Å². The number of thiazole rings is 1. The SMILES string of the molecule is Cc1nc(-c2ccc(N3CCCC(F)C3)nc2)cs1. The first-order valence-corrected chi connectivity index (χ1v) is 7.38. The molecular formula is C14H16FN3S. The predicted octanol–water partition coefficient (Wildman–Crippen LogP) is 3.45. The number of aryl methyl sites for hydroxylation is 1. The fraction of sp³-hybridized carbons (Fsp3) is 0.429. The molecule has 0 N–H and O–H groups in total. The van der Waals surface area contributed by atoms with Gasteiger partial charge in [0.25, 0.3) is 0 Å². The number of hydrogen-bond acceptors (Lipinski definition) is 4. The Morgan fingerprint density at radius 3 is 2.95 bits per heavy atom. The molecule has 0 radical (unpaired) electrons. The minimum Gasteiger partial charge on any atom is -0.354 e. The molecule has 3 rings (SSSR count). The van der Waals surface area contributed by atoms with Gasteiger partial charge >= 0.3 is 0 Å². The molecule has 100 valence electrons. The normalized spacial score (nSPS) is 19.7. The van der Waals surface area contributed by atoms with Crippen LogP contribution in [0.4, 0.5) is 10.2 Å². The summed E-state index contributed by atoms with van der Waals surface area (Å²) in [4.78, 5) is 10.9. The van der Waals surface area contributed by atoms with Crippen LogP contribution in [-0.4, -0.2) is 29.2 Å². The molecule has 1 aliphatic heterocycles. The van der Waals surface area contributed by atoms with Crippen LogP contribution in [0.5, 0.6) is 0 Å². The Morgan fingerprint density at radius 2 is 2.32 bits per heavy atom. The summed E-state index contributed by atoms with van der Waals surface area (Å²) in [7, 11) is 0. The molecule has 0 bridgehead atoms. The number of halogens is 1. The van der Waals surface area contributed by atoms with E-state index in [1.54, 1.807) is 11.3 Å². The Balaban J connectivity index is 1.78. The van der Waals surface area contributed by atoms with Gasteiger partial charge in [0.05, 0.1) is 17.2 Å². The van der Waals surface area contributed by atoms with Crippen LogP contribution in [-0.2, 0) is 0 Å². The second-order valence-corrected chi connectivity index (χ2v) is 5.90. The number of pyridine rings is 1. The first-order valence-electron chi connectivity index (χ1n) is 6.50. The molecule has 19 heavy (non-hydrogen) atoms. The van der Waals surface area contributed by atoms with Gasteiger partial charge in [0.2, 0.25) is 0 Å². The molecule has 1 fully saturated rings. The van der Waals surface area contributed by atoms with Crippen LogP contribution in [0.15, 0.2) is 23.7 Å². The van der Waals surface area contributed by atoms with Gasteiger partial charge < -0.3 is 4.90 Å². The van der Waals surface area contributed by atoms with Gasteiger partial charge in [-0.15, -0.1) is 11.3 Å². The smallest absolute Gasteiger partial charge is 0.128 e. The summed E-state index contributed by atoms with van der Waals surface area (Å²) in [5.41, 5.74) is 1.98. The summed E-state index contributed by atoms with van der Waals surface area (Å²) in [6.07, 6.45) is 2.67. The van der Waals surface area contributed by atoms with Crippen molar-refractivity contribution in [1.29, 1.82) is 0 Å². The molecule has 0 amide bonds. The fourth-order valence-electron chi connectivity index (χ4n) is 2.35. The molecule has 2 aromatic heterocycles.